The van der Waals surface area contributed by atoms with E-state index in [0.717, 1.165) is 12.1 Å². The lowest BCUT2D eigenvalue weighted by atomic mass is 10.1. The third-order valence-electron chi connectivity index (χ3n) is 4.81. The van der Waals surface area contributed by atoms with Crippen molar-refractivity contribution in [2.45, 2.75) is 19.2 Å². The first kappa shape index (κ1) is 22.0. The molecule has 160 valence electrons. The standard InChI is InChI=1S/C21H20ClF3N2O3/c1-14(30-18-8-6-17(22)7-9-18)19(28)26-10-12-27(13-11-26)20(29)15-2-4-16(5-3-15)21(23,24)25/h2-9,14H,10-13H2,1H3. The molecule has 30 heavy (non-hydrogen) atoms. The van der Waals surface area contributed by atoms with Crippen LogP contribution in [0.2, 0.25) is 5.02 Å². The lowest BCUT2D eigenvalue weighted by molar-refractivity contribution is -0.139. The van der Waals surface area contributed by atoms with Crippen molar-refractivity contribution in [2.75, 3.05) is 26.2 Å². The Bertz CT molecular complexity index is 893. The molecule has 1 unspecified atom stereocenters. The van der Waals surface area contributed by atoms with Gasteiger partial charge in [-0.3, -0.25) is 9.59 Å². The summed E-state index contributed by atoms with van der Waals surface area (Å²) in [5, 5.41) is 0.565. The number of hydrogen-bond acceptors (Lipinski definition) is 3. The average molecular weight is 441 g/mol. The minimum Gasteiger partial charge on any atom is -0.481 e. The number of alkyl halides is 3. The van der Waals surface area contributed by atoms with Crippen molar-refractivity contribution >= 4 is 23.4 Å². The molecule has 0 aromatic heterocycles. The smallest absolute Gasteiger partial charge is 0.416 e. The van der Waals surface area contributed by atoms with Crippen molar-refractivity contribution in [1.29, 1.82) is 0 Å². The SMILES string of the molecule is CC(Oc1ccc(Cl)cc1)C(=O)N1CCN(C(=O)c2ccc(C(F)(F)F)cc2)CC1. The molecular weight excluding hydrogens is 421 g/mol. The number of benzene rings is 2. The largest absolute Gasteiger partial charge is 0.481 e. The van der Waals surface area contributed by atoms with Crippen LogP contribution >= 0.6 is 11.6 Å². The molecular formula is C21H20ClF3N2O3. The molecule has 0 aliphatic carbocycles. The lowest BCUT2D eigenvalue weighted by Gasteiger charge is -2.36. The van der Waals surface area contributed by atoms with Crippen LogP contribution in [0.5, 0.6) is 5.75 Å². The zero-order chi connectivity index (χ0) is 21.9. The highest BCUT2D eigenvalue weighted by atomic mass is 35.5. The second kappa shape index (κ2) is 8.95. The molecule has 3 rings (SSSR count). The molecule has 1 aliphatic rings. The van der Waals surface area contributed by atoms with Crippen LogP contribution in [0, 0.1) is 0 Å². The van der Waals surface area contributed by atoms with Crippen molar-refractivity contribution in [3.8, 4) is 5.75 Å². The third-order valence-corrected chi connectivity index (χ3v) is 5.06. The van der Waals surface area contributed by atoms with Gasteiger partial charge >= 0.3 is 6.18 Å². The number of amides is 2. The number of carbonyl (C=O) groups excluding carboxylic acids is 2. The number of piperazine rings is 1. The zero-order valence-electron chi connectivity index (χ0n) is 16.2. The van der Waals surface area contributed by atoms with Crippen molar-refractivity contribution < 1.29 is 27.5 Å². The molecule has 0 saturated carbocycles. The van der Waals surface area contributed by atoms with Gasteiger partial charge in [0.15, 0.2) is 6.10 Å². The second-order valence-corrected chi connectivity index (χ2v) is 7.34. The monoisotopic (exact) mass is 440 g/mol. The lowest BCUT2D eigenvalue weighted by Crippen LogP contribution is -2.53. The minimum absolute atomic E-state index is 0.183. The Morgan fingerprint density at radius 2 is 1.47 bits per heavy atom. The summed E-state index contributed by atoms with van der Waals surface area (Å²) in [6.45, 7) is 2.87. The van der Waals surface area contributed by atoms with Gasteiger partial charge in [-0.1, -0.05) is 11.6 Å². The molecule has 5 nitrogen and oxygen atoms in total. The summed E-state index contributed by atoms with van der Waals surface area (Å²) >= 11 is 5.83. The first-order chi connectivity index (χ1) is 14.1. The van der Waals surface area contributed by atoms with Gasteiger partial charge in [0.2, 0.25) is 0 Å². The Kier molecular flexibility index (Phi) is 6.55. The number of nitrogens with zero attached hydrogens (tertiary/aromatic N) is 2. The van der Waals surface area contributed by atoms with Gasteiger partial charge in [0, 0.05) is 36.8 Å². The van der Waals surface area contributed by atoms with Gasteiger partial charge in [-0.05, 0) is 55.5 Å². The van der Waals surface area contributed by atoms with E-state index in [0.29, 0.717) is 37.0 Å². The van der Waals surface area contributed by atoms with E-state index in [-0.39, 0.29) is 17.4 Å². The van der Waals surface area contributed by atoms with E-state index in [1.165, 1.54) is 17.0 Å². The van der Waals surface area contributed by atoms with E-state index in [1.807, 2.05) is 0 Å². The Labute approximate surface area is 177 Å². The molecule has 1 aliphatic heterocycles. The zero-order valence-corrected chi connectivity index (χ0v) is 16.9. The summed E-state index contributed by atoms with van der Waals surface area (Å²) in [7, 11) is 0. The molecule has 2 aromatic rings. The Hall–Kier alpha value is -2.74. The molecule has 9 heteroatoms. The van der Waals surface area contributed by atoms with Gasteiger partial charge in [0.05, 0.1) is 5.56 Å². The van der Waals surface area contributed by atoms with Gasteiger partial charge in [-0.2, -0.15) is 13.2 Å². The first-order valence-electron chi connectivity index (χ1n) is 9.32. The summed E-state index contributed by atoms with van der Waals surface area (Å²) in [4.78, 5) is 28.3. The van der Waals surface area contributed by atoms with E-state index in [4.69, 9.17) is 16.3 Å². The maximum Gasteiger partial charge on any atom is 0.416 e. The van der Waals surface area contributed by atoms with E-state index in [2.05, 4.69) is 0 Å². The highest BCUT2D eigenvalue weighted by Crippen LogP contribution is 2.29. The second-order valence-electron chi connectivity index (χ2n) is 6.91. The number of ether oxygens (including phenoxy) is 1. The number of carbonyl (C=O) groups is 2. The van der Waals surface area contributed by atoms with Crippen LogP contribution in [-0.2, 0) is 11.0 Å². The van der Waals surface area contributed by atoms with Crippen LogP contribution in [-0.4, -0.2) is 53.9 Å². The topological polar surface area (TPSA) is 49.9 Å². The van der Waals surface area contributed by atoms with Crippen LogP contribution < -0.4 is 4.74 Å². The highest BCUT2D eigenvalue weighted by molar-refractivity contribution is 6.30. The predicted octanol–water partition coefficient (Wildman–Crippen LogP) is 4.11. The van der Waals surface area contributed by atoms with Gasteiger partial charge in [0.1, 0.15) is 5.75 Å². The fourth-order valence-corrected chi connectivity index (χ4v) is 3.27. The maximum absolute atomic E-state index is 12.7. The Morgan fingerprint density at radius 1 is 0.933 bits per heavy atom. The van der Waals surface area contributed by atoms with E-state index >= 15 is 0 Å². The van der Waals surface area contributed by atoms with E-state index < -0.39 is 17.8 Å². The van der Waals surface area contributed by atoms with Crippen molar-refractivity contribution in [1.82, 2.24) is 9.80 Å². The molecule has 2 amide bonds. The van der Waals surface area contributed by atoms with Gasteiger partial charge < -0.3 is 14.5 Å². The van der Waals surface area contributed by atoms with Gasteiger partial charge in [0.25, 0.3) is 11.8 Å². The Morgan fingerprint density at radius 3 is 2.00 bits per heavy atom. The highest BCUT2D eigenvalue weighted by Gasteiger charge is 2.31. The van der Waals surface area contributed by atoms with Crippen molar-refractivity contribution in [3.05, 3.63) is 64.7 Å². The van der Waals surface area contributed by atoms with Gasteiger partial charge in [-0.25, -0.2) is 0 Å². The summed E-state index contributed by atoms with van der Waals surface area (Å²) in [6, 6.07) is 10.8. The summed E-state index contributed by atoms with van der Waals surface area (Å²) in [5.41, 5.74) is -0.619. The van der Waals surface area contributed by atoms with Crippen molar-refractivity contribution in [2.24, 2.45) is 0 Å². The first-order valence-corrected chi connectivity index (χ1v) is 9.70. The average Bonchev–Trinajstić information content (AvgIpc) is 2.74. The third kappa shape index (κ3) is 5.24. The normalized spacial score (nSPS) is 15.6. The predicted molar refractivity (Wildman–Crippen MR) is 105 cm³/mol. The quantitative estimate of drug-likeness (QED) is 0.719. The molecule has 0 bridgehead atoms. The fourth-order valence-electron chi connectivity index (χ4n) is 3.14. The molecule has 1 fully saturated rings. The summed E-state index contributed by atoms with van der Waals surface area (Å²) in [6.07, 6.45) is -5.15. The fraction of sp³-hybridized carbons (Fsp3) is 0.333. The molecule has 1 atom stereocenters. The summed E-state index contributed by atoms with van der Waals surface area (Å²) in [5.74, 6) is -0.0377. The molecule has 1 heterocycles. The number of hydrogen-bond donors (Lipinski definition) is 0. The van der Waals surface area contributed by atoms with Crippen LogP contribution in [0.15, 0.2) is 48.5 Å². The van der Waals surface area contributed by atoms with E-state index in [1.54, 1.807) is 36.1 Å². The minimum atomic E-state index is -4.45. The maximum atomic E-state index is 12.7. The molecule has 0 N–H and O–H groups in total. The summed E-state index contributed by atoms with van der Waals surface area (Å²) < 4.78 is 43.6. The van der Waals surface area contributed by atoms with Gasteiger partial charge in [-0.15, -0.1) is 0 Å². The van der Waals surface area contributed by atoms with Crippen molar-refractivity contribution in [3.63, 3.8) is 0 Å². The molecule has 0 spiro atoms. The van der Waals surface area contributed by atoms with E-state index in [9.17, 15) is 22.8 Å². The van der Waals surface area contributed by atoms with Crippen LogP contribution in [0.25, 0.3) is 0 Å². The van der Waals surface area contributed by atoms with Crippen LogP contribution in [0.3, 0.4) is 0 Å². The molecule has 2 aromatic carbocycles. The molecule has 0 radical (unpaired) electrons. The van der Waals surface area contributed by atoms with Crippen LogP contribution in [0.1, 0.15) is 22.8 Å². The van der Waals surface area contributed by atoms with Crippen LogP contribution in [0.4, 0.5) is 13.2 Å². The Balaban J connectivity index is 1.54. The molecule has 1 saturated heterocycles. The number of halogens is 4. The number of rotatable bonds is 4.